The van der Waals surface area contributed by atoms with Crippen LogP contribution in [0.2, 0.25) is 5.02 Å². The van der Waals surface area contributed by atoms with Crippen LogP contribution in [0.15, 0.2) is 47.4 Å². The Morgan fingerprint density at radius 2 is 1.89 bits per heavy atom. The van der Waals surface area contributed by atoms with Crippen LogP contribution in [0.4, 0.5) is 4.39 Å². The van der Waals surface area contributed by atoms with Crippen LogP contribution in [0.5, 0.6) is 5.75 Å². The summed E-state index contributed by atoms with van der Waals surface area (Å²) >= 11 is 6.06. The highest BCUT2D eigenvalue weighted by Crippen LogP contribution is 2.28. The maximum absolute atomic E-state index is 13.0. The van der Waals surface area contributed by atoms with Crippen LogP contribution >= 0.6 is 11.6 Å². The molecule has 0 fully saturated rings. The SMILES string of the molecule is CCOc1ccc(S(=O)(=O)N(C)CC(=O)NC(C)c2ccc(F)cc2)cc1Cl. The first-order valence-electron chi connectivity index (χ1n) is 8.58. The largest absolute Gasteiger partial charge is 0.492 e. The molecule has 0 heterocycles. The lowest BCUT2D eigenvalue weighted by Gasteiger charge is -2.20. The van der Waals surface area contributed by atoms with Crippen molar-refractivity contribution in [2.45, 2.75) is 24.8 Å². The number of nitrogens with zero attached hydrogens (tertiary/aromatic N) is 1. The second kappa shape index (κ2) is 9.36. The summed E-state index contributed by atoms with van der Waals surface area (Å²) in [5.41, 5.74) is 0.707. The van der Waals surface area contributed by atoms with Gasteiger partial charge in [-0.05, 0) is 49.7 Å². The average molecular weight is 429 g/mol. The van der Waals surface area contributed by atoms with E-state index in [0.29, 0.717) is 17.9 Å². The third kappa shape index (κ3) is 5.43. The molecule has 0 aliphatic heterocycles. The van der Waals surface area contributed by atoms with Gasteiger partial charge in [-0.1, -0.05) is 23.7 Å². The Labute approximate surface area is 169 Å². The number of nitrogens with one attached hydrogen (secondary N) is 1. The van der Waals surface area contributed by atoms with E-state index in [-0.39, 0.29) is 22.3 Å². The lowest BCUT2D eigenvalue weighted by molar-refractivity contribution is -0.121. The van der Waals surface area contributed by atoms with Crippen LogP contribution in [0, 0.1) is 5.82 Å². The van der Waals surface area contributed by atoms with Crippen LogP contribution in [-0.2, 0) is 14.8 Å². The molecule has 1 atom stereocenters. The Morgan fingerprint density at radius 3 is 2.46 bits per heavy atom. The van der Waals surface area contributed by atoms with Crippen LogP contribution < -0.4 is 10.1 Å². The molecule has 28 heavy (non-hydrogen) atoms. The van der Waals surface area contributed by atoms with Crippen molar-refractivity contribution in [3.8, 4) is 5.75 Å². The number of ether oxygens (including phenoxy) is 1. The van der Waals surface area contributed by atoms with Gasteiger partial charge < -0.3 is 10.1 Å². The Kier molecular flexibility index (Phi) is 7.40. The van der Waals surface area contributed by atoms with E-state index < -0.39 is 22.0 Å². The molecule has 0 aromatic heterocycles. The smallest absolute Gasteiger partial charge is 0.243 e. The molecular formula is C19H22ClFN2O4S. The summed E-state index contributed by atoms with van der Waals surface area (Å²) in [6.07, 6.45) is 0. The minimum Gasteiger partial charge on any atom is -0.492 e. The number of amides is 1. The summed E-state index contributed by atoms with van der Waals surface area (Å²) < 4.78 is 44.6. The molecule has 9 heteroatoms. The summed E-state index contributed by atoms with van der Waals surface area (Å²) in [6.45, 7) is 3.54. The van der Waals surface area contributed by atoms with Gasteiger partial charge in [-0.15, -0.1) is 0 Å². The molecule has 1 N–H and O–H groups in total. The van der Waals surface area contributed by atoms with E-state index in [2.05, 4.69) is 5.32 Å². The minimum atomic E-state index is -3.91. The highest BCUT2D eigenvalue weighted by atomic mass is 35.5. The summed E-state index contributed by atoms with van der Waals surface area (Å²) in [7, 11) is -2.60. The van der Waals surface area contributed by atoms with Gasteiger partial charge in [0.25, 0.3) is 0 Å². The maximum Gasteiger partial charge on any atom is 0.243 e. The van der Waals surface area contributed by atoms with Gasteiger partial charge in [-0.2, -0.15) is 4.31 Å². The molecule has 0 spiro atoms. The first-order chi connectivity index (χ1) is 13.1. The quantitative estimate of drug-likeness (QED) is 0.699. The molecule has 0 radical (unpaired) electrons. The van der Waals surface area contributed by atoms with Gasteiger partial charge in [0, 0.05) is 7.05 Å². The molecule has 2 rings (SSSR count). The summed E-state index contributed by atoms with van der Waals surface area (Å²) in [5, 5.41) is 2.87. The zero-order valence-electron chi connectivity index (χ0n) is 15.8. The first kappa shape index (κ1) is 22.1. The van der Waals surface area contributed by atoms with Crippen molar-refractivity contribution < 1.29 is 22.3 Å². The second-order valence-corrected chi connectivity index (χ2v) is 8.58. The molecule has 1 unspecified atom stereocenters. The Balaban J connectivity index is 2.05. The fraction of sp³-hybridized carbons (Fsp3) is 0.316. The summed E-state index contributed by atoms with van der Waals surface area (Å²) in [5.74, 6) is -0.473. The molecule has 0 saturated carbocycles. The number of halogens is 2. The highest BCUT2D eigenvalue weighted by molar-refractivity contribution is 7.89. The number of likely N-dealkylation sites (N-methyl/N-ethyl adjacent to an activating group) is 1. The van der Waals surface area contributed by atoms with E-state index in [1.165, 1.54) is 37.4 Å². The minimum absolute atomic E-state index is 0.0390. The topological polar surface area (TPSA) is 75.7 Å². The van der Waals surface area contributed by atoms with Gasteiger partial charge in [0.1, 0.15) is 11.6 Å². The number of hydrogen-bond donors (Lipinski definition) is 1. The van der Waals surface area contributed by atoms with E-state index >= 15 is 0 Å². The number of carbonyl (C=O) groups excluding carboxylic acids is 1. The molecule has 0 aliphatic rings. The van der Waals surface area contributed by atoms with Crippen molar-refractivity contribution in [2.24, 2.45) is 0 Å². The van der Waals surface area contributed by atoms with Crippen LogP contribution in [0.1, 0.15) is 25.5 Å². The molecule has 152 valence electrons. The van der Waals surface area contributed by atoms with Gasteiger partial charge in [0.2, 0.25) is 15.9 Å². The predicted octanol–water partition coefficient (Wildman–Crippen LogP) is 3.38. The van der Waals surface area contributed by atoms with E-state index in [1.807, 2.05) is 0 Å². The van der Waals surface area contributed by atoms with Crippen molar-refractivity contribution >= 4 is 27.5 Å². The van der Waals surface area contributed by atoms with E-state index in [9.17, 15) is 17.6 Å². The van der Waals surface area contributed by atoms with Gasteiger partial charge >= 0.3 is 0 Å². The van der Waals surface area contributed by atoms with Crippen LogP contribution in [-0.4, -0.2) is 38.8 Å². The van der Waals surface area contributed by atoms with Gasteiger partial charge in [-0.3, -0.25) is 4.79 Å². The monoisotopic (exact) mass is 428 g/mol. The van der Waals surface area contributed by atoms with Gasteiger partial charge in [0.05, 0.1) is 29.1 Å². The normalized spacial score (nSPS) is 12.6. The van der Waals surface area contributed by atoms with E-state index in [4.69, 9.17) is 16.3 Å². The van der Waals surface area contributed by atoms with Crippen molar-refractivity contribution in [1.29, 1.82) is 0 Å². The van der Waals surface area contributed by atoms with Gasteiger partial charge in [0.15, 0.2) is 0 Å². The standard InChI is InChI=1S/C19H22ClFN2O4S/c1-4-27-18-10-9-16(11-17(18)20)28(25,26)23(3)12-19(24)22-13(2)14-5-7-15(21)8-6-14/h5-11,13H,4,12H2,1-3H3,(H,22,24). The number of rotatable bonds is 8. The van der Waals surface area contributed by atoms with Crippen LogP contribution in [0.25, 0.3) is 0 Å². The number of sulfonamides is 1. The van der Waals surface area contributed by atoms with Crippen molar-refractivity contribution in [2.75, 3.05) is 20.2 Å². The third-order valence-electron chi connectivity index (χ3n) is 4.03. The molecular weight excluding hydrogens is 407 g/mol. The molecule has 1 amide bonds. The maximum atomic E-state index is 13.0. The number of benzene rings is 2. The molecule has 0 saturated heterocycles. The molecule has 0 bridgehead atoms. The predicted molar refractivity (Wildman–Crippen MR) is 105 cm³/mol. The summed E-state index contributed by atoms with van der Waals surface area (Å²) in [4.78, 5) is 12.2. The fourth-order valence-corrected chi connectivity index (χ4v) is 3.96. The first-order valence-corrected chi connectivity index (χ1v) is 10.4. The molecule has 0 aliphatic carbocycles. The average Bonchev–Trinajstić information content (AvgIpc) is 2.63. The Morgan fingerprint density at radius 1 is 1.25 bits per heavy atom. The lowest BCUT2D eigenvalue weighted by atomic mass is 10.1. The summed E-state index contributed by atoms with van der Waals surface area (Å²) in [6, 6.07) is 9.45. The number of carbonyl (C=O) groups is 1. The lowest BCUT2D eigenvalue weighted by Crippen LogP contribution is -2.39. The third-order valence-corrected chi connectivity index (χ3v) is 6.12. The molecule has 2 aromatic carbocycles. The highest BCUT2D eigenvalue weighted by Gasteiger charge is 2.24. The van der Waals surface area contributed by atoms with Crippen molar-refractivity contribution in [1.82, 2.24) is 9.62 Å². The van der Waals surface area contributed by atoms with Crippen molar-refractivity contribution in [3.05, 3.63) is 58.9 Å². The Bertz CT molecular complexity index is 935. The van der Waals surface area contributed by atoms with Gasteiger partial charge in [-0.25, -0.2) is 12.8 Å². The number of hydrogen-bond acceptors (Lipinski definition) is 4. The van der Waals surface area contributed by atoms with Crippen LogP contribution in [0.3, 0.4) is 0 Å². The van der Waals surface area contributed by atoms with E-state index in [0.717, 1.165) is 4.31 Å². The molecule has 2 aromatic rings. The van der Waals surface area contributed by atoms with Crippen molar-refractivity contribution in [3.63, 3.8) is 0 Å². The molecule has 6 nitrogen and oxygen atoms in total. The Hall–Kier alpha value is -2.16. The zero-order chi connectivity index (χ0) is 20.9. The van der Waals surface area contributed by atoms with E-state index in [1.54, 1.807) is 26.0 Å². The second-order valence-electron chi connectivity index (χ2n) is 6.13. The fourth-order valence-electron chi connectivity index (χ4n) is 2.50. The zero-order valence-corrected chi connectivity index (χ0v) is 17.3.